The molecule has 2 amide bonds. The highest BCUT2D eigenvalue weighted by Crippen LogP contribution is 2.36. The number of carbonyl (C=O) groups excluding carboxylic acids is 2. The summed E-state index contributed by atoms with van der Waals surface area (Å²) in [5.74, 6) is 0.501. The number of amides is 2. The van der Waals surface area contributed by atoms with Crippen LogP contribution in [0.15, 0.2) is 30.0 Å². The fourth-order valence-corrected chi connectivity index (χ4v) is 4.48. The van der Waals surface area contributed by atoms with Crippen molar-refractivity contribution in [2.45, 2.75) is 51.5 Å². The molecule has 0 radical (unpaired) electrons. The van der Waals surface area contributed by atoms with E-state index in [0.717, 1.165) is 43.4 Å². The standard InChI is InChI=1S/C23H30N2O4/c1-2-14-29-19-10-8-17(9-11-19)20-21(24-12-15-28-16-13-24)23(27)25(22(20)26)18-6-4-3-5-7-18/h8-11,18H,2-7,12-16H2,1H3. The molecular formula is C23H30N2O4. The number of nitrogens with zero attached hydrogens (tertiary/aromatic N) is 2. The van der Waals surface area contributed by atoms with E-state index in [9.17, 15) is 9.59 Å². The van der Waals surface area contributed by atoms with Gasteiger partial charge in [-0.2, -0.15) is 0 Å². The van der Waals surface area contributed by atoms with Crippen LogP contribution in [0.5, 0.6) is 5.75 Å². The first-order chi connectivity index (χ1) is 14.2. The smallest absolute Gasteiger partial charge is 0.278 e. The Hall–Kier alpha value is -2.34. The summed E-state index contributed by atoms with van der Waals surface area (Å²) in [5, 5.41) is 0. The topological polar surface area (TPSA) is 59.1 Å². The Morgan fingerprint density at radius 2 is 1.69 bits per heavy atom. The van der Waals surface area contributed by atoms with Crippen molar-refractivity contribution in [3.63, 3.8) is 0 Å². The van der Waals surface area contributed by atoms with Crippen molar-refractivity contribution < 1.29 is 19.1 Å². The summed E-state index contributed by atoms with van der Waals surface area (Å²) in [6.45, 7) is 5.14. The molecule has 29 heavy (non-hydrogen) atoms. The Morgan fingerprint density at radius 1 is 1.00 bits per heavy atom. The molecule has 3 aliphatic rings. The van der Waals surface area contributed by atoms with Crippen LogP contribution < -0.4 is 4.74 Å². The zero-order valence-corrected chi connectivity index (χ0v) is 17.2. The number of benzene rings is 1. The van der Waals surface area contributed by atoms with Gasteiger partial charge in [0.1, 0.15) is 11.4 Å². The van der Waals surface area contributed by atoms with E-state index in [-0.39, 0.29) is 17.9 Å². The lowest BCUT2D eigenvalue weighted by atomic mass is 9.94. The van der Waals surface area contributed by atoms with Crippen LogP contribution in [0.25, 0.3) is 5.57 Å². The molecule has 0 aromatic heterocycles. The van der Waals surface area contributed by atoms with E-state index in [4.69, 9.17) is 9.47 Å². The number of carbonyl (C=O) groups is 2. The van der Waals surface area contributed by atoms with Crippen LogP contribution in [0.4, 0.5) is 0 Å². The highest BCUT2D eigenvalue weighted by atomic mass is 16.5. The van der Waals surface area contributed by atoms with Gasteiger partial charge in [0.15, 0.2) is 0 Å². The van der Waals surface area contributed by atoms with Crippen molar-refractivity contribution in [3.05, 3.63) is 35.5 Å². The third-order valence-electron chi connectivity index (χ3n) is 5.97. The lowest BCUT2D eigenvalue weighted by Crippen LogP contribution is -2.45. The van der Waals surface area contributed by atoms with Gasteiger partial charge in [-0.1, -0.05) is 38.3 Å². The maximum Gasteiger partial charge on any atom is 0.278 e. The number of imide groups is 1. The predicted molar refractivity (Wildman–Crippen MR) is 110 cm³/mol. The zero-order chi connectivity index (χ0) is 20.2. The van der Waals surface area contributed by atoms with Gasteiger partial charge in [-0.25, -0.2) is 0 Å². The van der Waals surface area contributed by atoms with Crippen LogP contribution in [0.3, 0.4) is 0 Å². The number of ether oxygens (including phenoxy) is 2. The molecule has 1 saturated heterocycles. The fourth-order valence-electron chi connectivity index (χ4n) is 4.48. The summed E-state index contributed by atoms with van der Waals surface area (Å²) in [4.78, 5) is 30.5. The van der Waals surface area contributed by atoms with Crippen molar-refractivity contribution in [1.29, 1.82) is 0 Å². The van der Waals surface area contributed by atoms with E-state index < -0.39 is 0 Å². The molecule has 4 rings (SSSR count). The van der Waals surface area contributed by atoms with E-state index >= 15 is 0 Å². The molecule has 0 bridgehead atoms. The second kappa shape index (κ2) is 8.99. The first-order valence-corrected chi connectivity index (χ1v) is 10.9. The predicted octanol–water partition coefficient (Wildman–Crippen LogP) is 3.22. The van der Waals surface area contributed by atoms with Gasteiger partial charge in [0.25, 0.3) is 11.8 Å². The van der Waals surface area contributed by atoms with Crippen LogP contribution in [-0.2, 0) is 14.3 Å². The maximum absolute atomic E-state index is 13.5. The summed E-state index contributed by atoms with van der Waals surface area (Å²) in [6, 6.07) is 7.59. The SMILES string of the molecule is CCCOc1ccc(C2=C(N3CCOCC3)C(=O)N(C3CCCCC3)C2=O)cc1. The largest absolute Gasteiger partial charge is 0.494 e. The molecule has 6 nitrogen and oxygen atoms in total. The van der Waals surface area contributed by atoms with E-state index in [2.05, 4.69) is 6.92 Å². The van der Waals surface area contributed by atoms with Gasteiger partial charge in [-0.15, -0.1) is 0 Å². The highest BCUT2D eigenvalue weighted by molar-refractivity contribution is 6.35. The third-order valence-corrected chi connectivity index (χ3v) is 5.97. The van der Waals surface area contributed by atoms with Gasteiger partial charge in [-0.3, -0.25) is 14.5 Å². The van der Waals surface area contributed by atoms with Crippen molar-refractivity contribution >= 4 is 17.4 Å². The molecule has 6 heteroatoms. The molecule has 1 aromatic carbocycles. The summed E-state index contributed by atoms with van der Waals surface area (Å²) < 4.78 is 11.1. The Balaban J connectivity index is 1.68. The number of hydrogen-bond donors (Lipinski definition) is 0. The molecule has 1 saturated carbocycles. The summed E-state index contributed by atoms with van der Waals surface area (Å²) in [7, 11) is 0. The Kier molecular flexibility index (Phi) is 6.19. The Bertz CT molecular complexity index is 775. The summed E-state index contributed by atoms with van der Waals surface area (Å²) in [5.41, 5.74) is 1.86. The van der Waals surface area contributed by atoms with Gasteiger partial charge in [0, 0.05) is 19.1 Å². The number of morpholine rings is 1. The molecule has 0 unspecified atom stereocenters. The number of rotatable bonds is 6. The average molecular weight is 399 g/mol. The number of hydrogen-bond acceptors (Lipinski definition) is 5. The Morgan fingerprint density at radius 3 is 2.34 bits per heavy atom. The summed E-state index contributed by atoms with van der Waals surface area (Å²) in [6.07, 6.45) is 6.09. The van der Waals surface area contributed by atoms with Crippen molar-refractivity contribution in [3.8, 4) is 5.75 Å². The second-order valence-electron chi connectivity index (χ2n) is 7.97. The first-order valence-electron chi connectivity index (χ1n) is 10.9. The van der Waals surface area contributed by atoms with Crippen molar-refractivity contribution in [1.82, 2.24) is 9.80 Å². The fraction of sp³-hybridized carbons (Fsp3) is 0.565. The van der Waals surface area contributed by atoms with Gasteiger partial charge >= 0.3 is 0 Å². The molecule has 0 atom stereocenters. The second-order valence-corrected chi connectivity index (χ2v) is 7.97. The monoisotopic (exact) mass is 398 g/mol. The van der Waals surface area contributed by atoms with Gasteiger partial charge in [-0.05, 0) is 37.0 Å². The molecule has 156 valence electrons. The van der Waals surface area contributed by atoms with Gasteiger partial charge in [0.2, 0.25) is 0 Å². The van der Waals surface area contributed by atoms with Crippen LogP contribution in [0, 0.1) is 0 Å². The van der Waals surface area contributed by atoms with Crippen LogP contribution in [-0.4, -0.2) is 60.6 Å². The molecular weight excluding hydrogens is 368 g/mol. The molecule has 2 fully saturated rings. The molecule has 2 aliphatic heterocycles. The van der Waals surface area contributed by atoms with E-state index in [1.807, 2.05) is 29.2 Å². The zero-order valence-electron chi connectivity index (χ0n) is 17.2. The van der Waals surface area contributed by atoms with Crippen molar-refractivity contribution in [2.75, 3.05) is 32.9 Å². The third kappa shape index (κ3) is 4.04. The van der Waals surface area contributed by atoms with E-state index in [1.165, 1.54) is 6.42 Å². The summed E-state index contributed by atoms with van der Waals surface area (Å²) >= 11 is 0. The van der Waals surface area contributed by atoms with Crippen LogP contribution >= 0.6 is 0 Å². The van der Waals surface area contributed by atoms with Gasteiger partial charge in [0.05, 0.1) is 25.4 Å². The maximum atomic E-state index is 13.5. The van der Waals surface area contributed by atoms with Crippen LogP contribution in [0.2, 0.25) is 0 Å². The highest BCUT2D eigenvalue weighted by Gasteiger charge is 2.45. The van der Waals surface area contributed by atoms with Crippen molar-refractivity contribution in [2.24, 2.45) is 0 Å². The average Bonchev–Trinajstić information content (AvgIpc) is 3.04. The molecule has 0 spiro atoms. The molecule has 1 aliphatic carbocycles. The Labute approximate surface area is 172 Å². The quantitative estimate of drug-likeness (QED) is 0.689. The van der Waals surface area contributed by atoms with Gasteiger partial charge < -0.3 is 14.4 Å². The lowest BCUT2D eigenvalue weighted by molar-refractivity contribution is -0.141. The molecule has 2 heterocycles. The minimum atomic E-state index is -0.148. The molecule has 1 aromatic rings. The minimum Gasteiger partial charge on any atom is -0.494 e. The van der Waals surface area contributed by atoms with Crippen LogP contribution in [0.1, 0.15) is 51.0 Å². The minimum absolute atomic E-state index is 0.0180. The molecule has 0 N–H and O–H groups in total. The van der Waals surface area contributed by atoms with E-state index in [0.29, 0.717) is 44.2 Å². The lowest BCUT2D eigenvalue weighted by Gasteiger charge is -2.32. The normalized spacial score (nSPS) is 21.3. The van der Waals surface area contributed by atoms with E-state index in [1.54, 1.807) is 4.90 Å². The first kappa shape index (κ1) is 20.0.